The number of carbonyl (C=O) groups excluding carboxylic acids is 3. The van der Waals surface area contributed by atoms with Gasteiger partial charge in [0.05, 0.1) is 23.7 Å². The largest absolute Gasteiger partial charge is 0.489 e. The number of allylic oxidation sites excluding steroid dienone is 1. The molecule has 47 heavy (non-hydrogen) atoms. The van der Waals surface area contributed by atoms with E-state index in [0.717, 1.165) is 19.3 Å². The van der Waals surface area contributed by atoms with Crippen LogP contribution in [0.5, 0.6) is 23.1 Å². The minimum atomic E-state index is -3.82. The first kappa shape index (κ1) is 31.5. The van der Waals surface area contributed by atoms with Gasteiger partial charge >= 0.3 is 0 Å². The van der Waals surface area contributed by atoms with E-state index in [1.54, 1.807) is 24.1 Å². The Hall–Kier alpha value is -4.07. The topological polar surface area (TPSA) is 162 Å². The molecule has 7 rings (SSSR count). The standard InChI is InChI=1S/C33H40N4O9S/c1-3-43-27-16-26(22-11-12-25-29(28(22)34-27)45-18-44-25)46-20-14-23-24(15-20)31(39)37(2)13-7-5-4-6-8-19-17-33(19,35-30(23)38)32(40)36-47(41,42)21-9-10-21/h6,8,11-12,16,19-21,23-24H,3-5,7,9-10,13-15,17-18H2,1-2H3,(H,35,38)(H,36,40)/b8-6-. The third kappa shape index (κ3) is 6.07. The molecule has 0 radical (unpaired) electrons. The van der Waals surface area contributed by atoms with E-state index in [4.69, 9.17) is 18.9 Å². The predicted octanol–water partition coefficient (Wildman–Crippen LogP) is 2.82. The summed E-state index contributed by atoms with van der Waals surface area (Å²) in [7, 11) is -2.07. The van der Waals surface area contributed by atoms with Gasteiger partial charge in [-0.2, -0.15) is 0 Å². The van der Waals surface area contributed by atoms with Crippen LogP contribution in [0.3, 0.4) is 0 Å². The molecule has 5 unspecified atom stereocenters. The van der Waals surface area contributed by atoms with Gasteiger partial charge in [0.15, 0.2) is 11.5 Å². The van der Waals surface area contributed by atoms with Crippen LogP contribution in [0, 0.1) is 17.8 Å². The number of fused-ring (bicyclic) bond motifs is 5. The van der Waals surface area contributed by atoms with Crippen molar-refractivity contribution >= 4 is 38.6 Å². The molecule has 3 saturated carbocycles. The summed E-state index contributed by atoms with van der Waals surface area (Å²) in [5.74, 6) is -1.33. The van der Waals surface area contributed by atoms with Crippen LogP contribution in [0.4, 0.5) is 0 Å². The maximum absolute atomic E-state index is 14.1. The average Bonchev–Trinajstić information content (AvgIpc) is 3.91. The number of rotatable bonds is 7. The molecule has 3 fully saturated rings. The Bertz CT molecular complexity index is 1740. The van der Waals surface area contributed by atoms with E-state index in [1.807, 2.05) is 25.1 Å². The van der Waals surface area contributed by atoms with E-state index in [2.05, 4.69) is 15.0 Å². The predicted molar refractivity (Wildman–Crippen MR) is 169 cm³/mol. The molecule has 14 heteroatoms. The molecule has 0 spiro atoms. The normalized spacial score (nSPS) is 29.7. The molecular formula is C33H40N4O9S. The van der Waals surface area contributed by atoms with Crippen LogP contribution in [0.15, 0.2) is 30.4 Å². The minimum absolute atomic E-state index is 0.0740. The smallest absolute Gasteiger partial charge is 0.259 e. The number of benzene rings is 1. The molecule has 2 aliphatic heterocycles. The quantitative estimate of drug-likeness (QED) is 0.420. The van der Waals surface area contributed by atoms with Crippen molar-refractivity contribution in [1.82, 2.24) is 19.9 Å². The fourth-order valence-electron chi connectivity index (χ4n) is 6.99. The van der Waals surface area contributed by atoms with Gasteiger partial charge in [-0.3, -0.25) is 19.1 Å². The lowest BCUT2D eigenvalue weighted by Gasteiger charge is -2.26. The molecular weight excluding hydrogens is 628 g/mol. The van der Waals surface area contributed by atoms with Crippen LogP contribution in [-0.4, -0.2) is 79.9 Å². The molecule has 5 atom stereocenters. The van der Waals surface area contributed by atoms with E-state index in [-0.39, 0.29) is 37.9 Å². The lowest BCUT2D eigenvalue weighted by Crippen LogP contribution is -2.54. The van der Waals surface area contributed by atoms with Gasteiger partial charge in [-0.1, -0.05) is 12.2 Å². The molecule has 3 heterocycles. The second-order valence-electron chi connectivity index (χ2n) is 13.1. The lowest BCUT2D eigenvalue weighted by atomic mass is 9.93. The summed E-state index contributed by atoms with van der Waals surface area (Å²) in [5, 5.41) is 3.01. The van der Waals surface area contributed by atoms with Crippen molar-refractivity contribution < 1.29 is 41.7 Å². The van der Waals surface area contributed by atoms with Crippen molar-refractivity contribution in [2.75, 3.05) is 27.0 Å². The van der Waals surface area contributed by atoms with Crippen LogP contribution >= 0.6 is 0 Å². The SMILES string of the molecule is CCOc1cc(OC2CC3C(=O)NC4(C(=O)NS(=O)(=O)C5CC5)CC4/C=C\CCCCN(C)C(=O)C3C2)c2ccc3c(c2n1)OCO3. The highest BCUT2D eigenvalue weighted by Gasteiger charge is 2.62. The van der Waals surface area contributed by atoms with Crippen LogP contribution in [0.1, 0.15) is 58.3 Å². The van der Waals surface area contributed by atoms with Gasteiger partial charge in [0.2, 0.25) is 34.5 Å². The van der Waals surface area contributed by atoms with E-state index in [9.17, 15) is 22.8 Å². The van der Waals surface area contributed by atoms with Crippen LogP contribution in [-0.2, 0) is 24.4 Å². The number of nitrogens with one attached hydrogen (secondary N) is 2. The molecule has 2 aromatic rings. The van der Waals surface area contributed by atoms with Crippen molar-refractivity contribution in [2.45, 2.75) is 75.2 Å². The van der Waals surface area contributed by atoms with Gasteiger partial charge in [0.1, 0.15) is 22.9 Å². The zero-order chi connectivity index (χ0) is 32.9. The Morgan fingerprint density at radius 2 is 1.98 bits per heavy atom. The second kappa shape index (κ2) is 12.2. The second-order valence-corrected chi connectivity index (χ2v) is 15.1. The number of hydrogen-bond acceptors (Lipinski definition) is 10. The maximum atomic E-state index is 14.1. The highest BCUT2D eigenvalue weighted by atomic mass is 32.2. The average molecular weight is 669 g/mol. The Kier molecular flexibility index (Phi) is 8.17. The first-order chi connectivity index (χ1) is 22.6. The molecule has 1 aromatic carbocycles. The summed E-state index contributed by atoms with van der Waals surface area (Å²) < 4.78 is 51.1. The van der Waals surface area contributed by atoms with E-state index in [1.165, 1.54) is 0 Å². The third-order valence-electron chi connectivity index (χ3n) is 9.84. The zero-order valence-electron chi connectivity index (χ0n) is 26.5. The maximum Gasteiger partial charge on any atom is 0.259 e. The molecule has 0 bridgehead atoms. The first-order valence-corrected chi connectivity index (χ1v) is 18.0. The molecule has 252 valence electrons. The zero-order valence-corrected chi connectivity index (χ0v) is 27.3. The highest BCUT2D eigenvalue weighted by molar-refractivity contribution is 7.91. The number of sulfonamides is 1. The van der Waals surface area contributed by atoms with Gasteiger partial charge in [-0.25, -0.2) is 13.4 Å². The summed E-state index contributed by atoms with van der Waals surface area (Å²) in [6.45, 7) is 2.86. The number of amides is 3. The first-order valence-electron chi connectivity index (χ1n) is 16.4. The summed E-state index contributed by atoms with van der Waals surface area (Å²) in [4.78, 5) is 47.8. The molecule has 3 aliphatic carbocycles. The van der Waals surface area contributed by atoms with Crippen LogP contribution in [0.2, 0.25) is 0 Å². The van der Waals surface area contributed by atoms with Gasteiger partial charge in [0.25, 0.3) is 5.91 Å². The summed E-state index contributed by atoms with van der Waals surface area (Å²) in [5.41, 5.74) is -0.873. The Morgan fingerprint density at radius 1 is 1.17 bits per heavy atom. The van der Waals surface area contributed by atoms with Gasteiger partial charge < -0.3 is 29.2 Å². The fraction of sp³-hybridized carbons (Fsp3) is 0.576. The van der Waals surface area contributed by atoms with E-state index < -0.39 is 50.6 Å². The van der Waals surface area contributed by atoms with Gasteiger partial charge in [-0.05, 0) is 70.4 Å². The lowest BCUT2D eigenvalue weighted by molar-refractivity contribution is -0.140. The number of pyridine rings is 1. The molecule has 0 saturated heterocycles. The number of hydrogen-bond donors (Lipinski definition) is 2. The summed E-state index contributed by atoms with van der Waals surface area (Å²) in [6.07, 6.45) is 7.51. The van der Waals surface area contributed by atoms with Crippen LogP contribution in [0.25, 0.3) is 10.9 Å². The summed E-state index contributed by atoms with van der Waals surface area (Å²) in [6, 6.07) is 5.31. The van der Waals surface area contributed by atoms with Crippen molar-refractivity contribution in [3.05, 3.63) is 30.4 Å². The van der Waals surface area contributed by atoms with Crippen LogP contribution < -0.4 is 29.0 Å². The highest BCUT2D eigenvalue weighted by Crippen LogP contribution is 2.48. The molecule has 13 nitrogen and oxygen atoms in total. The third-order valence-corrected chi connectivity index (χ3v) is 11.7. The Labute approximate surface area is 273 Å². The monoisotopic (exact) mass is 668 g/mol. The van der Waals surface area contributed by atoms with Crippen molar-refractivity contribution in [3.63, 3.8) is 0 Å². The molecule has 3 amide bonds. The molecule has 2 N–H and O–H groups in total. The number of nitrogens with zero attached hydrogens (tertiary/aromatic N) is 2. The molecule has 5 aliphatic rings. The Morgan fingerprint density at radius 3 is 2.77 bits per heavy atom. The van der Waals surface area contributed by atoms with Crippen molar-refractivity contribution in [2.24, 2.45) is 17.8 Å². The number of carbonyl (C=O) groups is 3. The number of aromatic nitrogens is 1. The summed E-state index contributed by atoms with van der Waals surface area (Å²) >= 11 is 0. The van der Waals surface area contributed by atoms with E-state index >= 15 is 0 Å². The number of ether oxygens (including phenoxy) is 4. The van der Waals surface area contributed by atoms with Gasteiger partial charge in [0, 0.05) is 31.0 Å². The Balaban J connectivity index is 1.18. The molecule has 1 aromatic heterocycles. The van der Waals surface area contributed by atoms with E-state index in [0.29, 0.717) is 60.0 Å². The van der Waals surface area contributed by atoms with Crippen molar-refractivity contribution in [3.8, 4) is 23.1 Å². The van der Waals surface area contributed by atoms with Gasteiger partial charge in [-0.15, -0.1) is 0 Å². The minimum Gasteiger partial charge on any atom is -0.489 e. The fourth-order valence-corrected chi connectivity index (χ4v) is 8.35. The van der Waals surface area contributed by atoms with Crippen molar-refractivity contribution in [1.29, 1.82) is 0 Å².